The van der Waals surface area contributed by atoms with Gasteiger partial charge in [0.05, 0.1) is 12.6 Å². The SMILES string of the molecule is CC(C)NC(CO)c1cc(O)cc(O)c1. The van der Waals surface area contributed by atoms with E-state index in [2.05, 4.69) is 5.32 Å². The molecule has 4 N–H and O–H groups in total. The number of phenolic OH excluding ortho intramolecular Hbond substituents is 2. The van der Waals surface area contributed by atoms with Crippen LogP contribution < -0.4 is 5.32 Å². The van der Waals surface area contributed by atoms with Crippen LogP contribution in [0.2, 0.25) is 0 Å². The van der Waals surface area contributed by atoms with Gasteiger partial charge in [0.1, 0.15) is 11.5 Å². The van der Waals surface area contributed by atoms with Gasteiger partial charge in [0.25, 0.3) is 0 Å². The smallest absolute Gasteiger partial charge is 0.119 e. The lowest BCUT2D eigenvalue weighted by Gasteiger charge is -2.19. The highest BCUT2D eigenvalue weighted by Crippen LogP contribution is 2.24. The summed E-state index contributed by atoms with van der Waals surface area (Å²) in [6.45, 7) is 3.84. The van der Waals surface area contributed by atoms with Crippen molar-refractivity contribution in [3.63, 3.8) is 0 Å². The van der Waals surface area contributed by atoms with Gasteiger partial charge < -0.3 is 20.6 Å². The van der Waals surface area contributed by atoms with Crippen LogP contribution in [0.4, 0.5) is 0 Å². The van der Waals surface area contributed by atoms with Crippen LogP contribution in [-0.4, -0.2) is 28.0 Å². The Balaban J connectivity index is 2.91. The molecular formula is C11H17NO3. The third-order valence-corrected chi connectivity index (χ3v) is 2.04. The summed E-state index contributed by atoms with van der Waals surface area (Å²) in [6, 6.07) is 4.24. The molecule has 15 heavy (non-hydrogen) atoms. The fourth-order valence-electron chi connectivity index (χ4n) is 1.48. The Morgan fingerprint density at radius 1 is 1.13 bits per heavy atom. The van der Waals surface area contributed by atoms with Crippen LogP contribution in [0.25, 0.3) is 0 Å². The van der Waals surface area contributed by atoms with Gasteiger partial charge in [-0.1, -0.05) is 13.8 Å². The molecule has 1 unspecified atom stereocenters. The van der Waals surface area contributed by atoms with Gasteiger partial charge in [-0.3, -0.25) is 0 Å². The highest BCUT2D eigenvalue weighted by Gasteiger charge is 2.12. The summed E-state index contributed by atoms with van der Waals surface area (Å²) in [5.74, 6) is -0.0111. The van der Waals surface area contributed by atoms with Crippen molar-refractivity contribution in [2.75, 3.05) is 6.61 Å². The molecule has 0 amide bonds. The average Bonchev–Trinajstić information content (AvgIpc) is 2.12. The van der Waals surface area contributed by atoms with E-state index in [1.54, 1.807) is 0 Å². The minimum Gasteiger partial charge on any atom is -0.508 e. The van der Waals surface area contributed by atoms with Crippen LogP contribution in [0.15, 0.2) is 18.2 Å². The molecule has 4 nitrogen and oxygen atoms in total. The van der Waals surface area contributed by atoms with E-state index in [-0.39, 0.29) is 30.2 Å². The van der Waals surface area contributed by atoms with Gasteiger partial charge in [0.15, 0.2) is 0 Å². The molecule has 0 aliphatic heterocycles. The summed E-state index contributed by atoms with van der Waals surface area (Å²) >= 11 is 0. The van der Waals surface area contributed by atoms with Crippen LogP contribution in [0.3, 0.4) is 0 Å². The Morgan fingerprint density at radius 3 is 2.07 bits per heavy atom. The number of hydrogen-bond donors (Lipinski definition) is 4. The maximum absolute atomic E-state index is 9.30. The first kappa shape index (κ1) is 11.8. The van der Waals surface area contributed by atoms with Crippen LogP contribution in [0.1, 0.15) is 25.5 Å². The van der Waals surface area contributed by atoms with Gasteiger partial charge in [0.2, 0.25) is 0 Å². The van der Waals surface area contributed by atoms with E-state index in [1.165, 1.54) is 18.2 Å². The third-order valence-electron chi connectivity index (χ3n) is 2.04. The first-order valence-electron chi connectivity index (χ1n) is 4.92. The Kier molecular flexibility index (Phi) is 3.94. The summed E-state index contributed by atoms with van der Waals surface area (Å²) in [5, 5.41) is 30.9. The third kappa shape index (κ3) is 3.42. The zero-order valence-corrected chi connectivity index (χ0v) is 8.94. The molecule has 0 fully saturated rings. The van der Waals surface area contributed by atoms with E-state index in [0.717, 1.165) is 0 Å². The topological polar surface area (TPSA) is 72.7 Å². The lowest BCUT2D eigenvalue weighted by molar-refractivity contribution is 0.237. The van der Waals surface area contributed by atoms with Crippen LogP contribution in [-0.2, 0) is 0 Å². The summed E-state index contributed by atoms with van der Waals surface area (Å²) in [5.41, 5.74) is 0.670. The van der Waals surface area contributed by atoms with Crippen LogP contribution in [0.5, 0.6) is 11.5 Å². The molecule has 1 aromatic rings. The number of hydrogen-bond acceptors (Lipinski definition) is 4. The first-order chi connectivity index (χ1) is 7.02. The predicted octanol–water partition coefficient (Wildman–Crippen LogP) is 1.13. The molecule has 1 rings (SSSR count). The van der Waals surface area contributed by atoms with Gasteiger partial charge in [-0.15, -0.1) is 0 Å². The fraction of sp³-hybridized carbons (Fsp3) is 0.455. The lowest BCUT2D eigenvalue weighted by Crippen LogP contribution is -2.30. The van der Waals surface area contributed by atoms with Gasteiger partial charge in [0, 0.05) is 12.1 Å². The van der Waals surface area contributed by atoms with E-state index in [4.69, 9.17) is 0 Å². The van der Waals surface area contributed by atoms with Crippen LogP contribution >= 0.6 is 0 Å². The molecular weight excluding hydrogens is 194 g/mol. The standard InChI is InChI=1S/C11H17NO3/c1-7(2)12-11(6-13)8-3-9(14)5-10(15)4-8/h3-5,7,11-15H,6H2,1-2H3. The number of aromatic hydroxyl groups is 2. The van der Waals surface area contributed by atoms with Crippen molar-refractivity contribution < 1.29 is 15.3 Å². The number of phenols is 2. The van der Waals surface area contributed by atoms with E-state index in [0.29, 0.717) is 5.56 Å². The Morgan fingerprint density at radius 2 is 1.67 bits per heavy atom. The summed E-state index contributed by atoms with van der Waals surface area (Å²) < 4.78 is 0. The summed E-state index contributed by atoms with van der Waals surface area (Å²) in [7, 11) is 0. The minimum atomic E-state index is -0.275. The number of aliphatic hydroxyl groups is 1. The van der Waals surface area contributed by atoms with Gasteiger partial charge >= 0.3 is 0 Å². The molecule has 84 valence electrons. The molecule has 0 aliphatic carbocycles. The Bertz CT molecular complexity index is 305. The zero-order valence-electron chi connectivity index (χ0n) is 8.94. The van der Waals surface area contributed by atoms with E-state index >= 15 is 0 Å². The molecule has 0 radical (unpaired) electrons. The number of benzene rings is 1. The molecule has 1 aromatic carbocycles. The van der Waals surface area contributed by atoms with Crippen molar-refractivity contribution >= 4 is 0 Å². The van der Waals surface area contributed by atoms with Crippen molar-refractivity contribution in [2.45, 2.75) is 25.9 Å². The number of rotatable bonds is 4. The molecule has 0 aromatic heterocycles. The first-order valence-corrected chi connectivity index (χ1v) is 4.92. The molecule has 1 atom stereocenters. The van der Waals surface area contributed by atoms with Gasteiger partial charge in [-0.2, -0.15) is 0 Å². The molecule has 0 aliphatic rings. The van der Waals surface area contributed by atoms with Gasteiger partial charge in [-0.25, -0.2) is 0 Å². The lowest BCUT2D eigenvalue weighted by atomic mass is 10.1. The molecule has 0 saturated heterocycles. The minimum absolute atomic E-state index is 0.00555. The molecule has 0 saturated carbocycles. The highest BCUT2D eigenvalue weighted by molar-refractivity contribution is 5.38. The van der Waals surface area contributed by atoms with Crippen molar-refractivity contribution in [2.24, 2.45) is 0 Å². The maximum atomic E-state index is 9.30. The monoisotopic (exact) mass is 211 g/mol. The van der Waals surface area contributed by atoms with E-state index < -0.39 is 0 Å². The van der Waals surface area contributed by atoms with E-state index in [1.807, 2.05) is 13.8 Å². The Labute approximate surface area is 89.2 Å². The normalized spacial score (nSPS) is 13.1. The summed E-state index contributed by atoms with van der Waals surface area (Å²) in [6.07, 6.45) is 0. The highest BCUT2D eigenvalue weighted by atomic mass is 16.3. The zero-order chi connectivity index (χ0) is 11.4. The van der Waals surface area contributed by atoms with Crippen molar-refractivity contribution in [1.29, 1.82) is 0 Å². The van der Waals surface area contributed by atoms with E-state index in [9.17, 15) is 15.3 Å². The summed E-state index contributed by atoms with van der Waals surface area (Å²) in [4.78, 5) is 0. The van der Waals surface area contributed by atoms with Gasteiger partial charge in [-0.05, 0) is 17.7 Å². The Hall–Kier alpha value is -1.26. The molecule has 0 heterocycles. The second-order valence-corrected chi connectivity index (χ2v) is 3.84. The molecule has 0 spiro atoms. The second-order valence-electron chi connectivity index (χ2n) is 3.84. The molecule has 0 bridgehead atoms. The second kappa shape index (κ2) is 5.00. The van der Waals surface area contributed by atoms with Crippen LogP contribution in [0, 0.1) is 0 Å². The predicted molar refractivity (Wildman–Crippen MR) is 57.9 cm³/mol. The number of nitrogens with one attached hydrogen (secondary N) is 1. The van der Waals surface area contributed by atoms with Crippen molar-refractivity contribution in [3.05, 3.63) is 23.8 Å². The number of aliphatic hydroxyl groups excluding tert-OH is 1. The fourth-order valence-corrected chi connectivity index (χ4v) is 1.48. The molecule has 4 heteroatoms. The maximum Gasteiger partial charge on any atom is 0.119 e. The average molecular weight is 211 g/mol. The largest absolute Gasteiger partial charge is 0.508 e. The van der Waals surface area contributed by atoms with Crippen molar-refractivity contribution in [1.82, 2.24) is 5.32 Å². The van der Waals surface area contributed by atoms with Crippen molar-refractivity contribution in [3.8, 4) is 11.5 Å². The quantitative estimate of drug-likeness (QED) is 0.602.